The van der Waals surface area contributed by atoms with Gasteiger partial charge in [-0.05, 0) is 51.6 Å². The molecule has 0 amide bonds. The number of carbonyl (C=O) groups is 1. The molecule has 0 spiro atoms. The van der Waals surface area contributed by atoms with Gasteiger partial charge >= 0.3 is 5.97 Å². The average Bonchev–Trinajstić information content (AvgIpc) is 2.72. The fourth-order valence-corrected chi connectivity index (χ4v) is 4.50. The lowest BCUT2D eigenvalue weighted by Gasteiger charge is -2.36. The molecule has 1 aliphatic rings. The molecule has 0 radical (unpaired) electrons. The van der Waals surface area contributed by atoms with Crippen LogP contribution in [-0.4, -0.2) is 53.8 Å². The second-order valence-electron chi connectivity index (χ2n) is 11.4. The van der Waals surface area contributed by atoms with Crippen molar-refractivity contribution in [1.82, 2.24) is 4.90 Å². The van der Waals surface area contributed by atoms with Crippen LogP contribution >= 0.6 is 0 Å². The lowest BCUT2D eigenvalue weighted by Crippen LogP contribution is -2.47. The SMILES string of the molecule is CC(C)(C)c1cc(CCN2CCN(c3ccc(CC(=O)O)cc3)CC2)cc(C(C)(C)C)c1O. The summed E-state index contributed by atoms with van der Waals surface area (Å²) in [5.41, 5.74) is 5.13. The number of hydrogen-bond acceptors (Lipinski definition) is 4. The highest BCUT2D eigenvalue weighted by Crippen LogP contribution is 2.39. The van der Waals surface area contributed by atoms with Gasteiger partial charge in [0.15, 0.2) is 0 Å². The van der Waals surface area contributed by atoms with Gasteiger partial charge in [-0.25, -0.2) is 0 Å². The number of anilines is 1. The van der Waals surface area contributed by atoms with Crippen molar-refractivity contribution in [3.63, 3.8) is 0 Å². The molecule has 2 N–H and O–H groups in total. The van der Waals surface area contributed by atoms with Gasteiger partial charge in [-0.2, -0.15) is 0 Å². The molecule has 0 bridgehead atoms. The summed E-state index contributed by atoms with van der Waals surface area (Å²) in [4.78, 5) is 15.8. The molecule has 1 saturated heterocycles. The molecule has 3 rings (SSSR count). The smallest absolute Gasteiger partial charge is 0.307 e. The van der Waals surface area contributed by atoms with Gasteiger partial charge in [-0.1, -0.05) is 65.8 Å². The van der Waals surface area contributed by atoms with Crippen LogP contribution in [-0.2, 0) is 28.5 Å². The molecule has 180 valence electrons. The number of benzene rings is 2. The summed E-state index contributed by atoms with van der Waals surface area (Å²) in [5.74, 6) is -0.351. The number of hydrogen-bond donors (Lipinski definition) is 2. The quantitative estimate of drug-likeness (QED) is 0.647. The first kappa shape index (κ1) is 25.1. The van der Waals surface area contributed by atoms with Crippen LogP contribution in [0.3, 0.4) is 0 Å². The molecule has 0 atom stereocenters. The third-order valence-electron chi connectivity index (χ3n) is 6.53. The Kier molecular flexibility index (Phi) is 7.42. The van der Waals surface area contributed by atoms with Gasteiger partial charge in [-0.15, -0.1) is 0 Å². The maximum Gasteiger partial charge on any atom is 0.307 e. The van der Waals surface area contributed by atoms with E-state index in [0.717, 1.165) is 61.5 Å². The number of phenolic OH excluding ortho intramolecular Hbond substituents is 1. The van der Waals surface area contributed by atoms with Crippen LogP contribution in [0.15, 0.2) is 36.4 Å². The molecule has 5 nitrogen and oxygen atoms in total. The Morgan fingerprint density at radius 3 is 1.82 bits per heavy atom. The van der Waals surface area contributed by atoms with Gasteiger partial charge in [0.1, 0.15) is 5.75 Å². The number of carboxylic acid groups (broad SMARTS) is 1. The van der Waals surface area contributed by atoms with Crippen LogP contribution in [0.4, 0.5) is 5.69 Å². The van der Waals surface area contributed by atoms with Crippen molar-refractivity contribution in [2.75, 3.05) is 37.6 Å². The number of piperazine rings is 1. The van der Waals surface area contributed by atoms with Crippen molar-refractivity contribution in [2.45, 2.75) is 65.2 Å². The van der Waals surface area contributed by atoms with Gasteiger partial charge in [0.2, 0.25) is 0 Å². The molecular weight excluding hydrogens is 412 g/mol. The van der Waals surface area contributed by atoms with E-state index >= 15 is 0 Å². The lowest BCUT2D eigenvalue weighted by molar-refractivity contribution is -0.136. The topological polar surface area (TPSA) is 64.0 Å². The summed E-state index contributed by atoms with van der Waals surface area (Å²) >= 11 is 0. The Morgan fingerprint density at radius 2 is 1.36 bits per heavy atom. The summed E-state index contributed by atoms with van der Waals surface area (Å²) in [6.45, 7) is 17.9. The first-order valence-corrected chi connectivity index (χ1v) is 12.0. The molecule has 0 unspecified atom stereocenters. The Labute approximate surface area is 199 Å². The normalized spacial score (nSPS) is 15.6. The summed E-state index contributed by atoms with van der Waals surface area (Å²) in [5, 5.41) is 19.9. The molecule has 33 heavy (non-hydrogen) atoms. The molecule has 0 aromatic heterocycles. The van der Waals surface area contributed by atoms with Crippen molar-refractivity contribution in [1.29, 1.82) is 0 Å². The zero-order valence-electron chi connectivity index (χ0n) is 21.1. The first-order valence-electron chi connectivity index (χ1n) is 12.0. The molecule has 0 saturated carbocycles. The highest BCUT2D eigenvalue weighted by molar-refractivity contribution is 5.70. The minimum absolute atomic E-state index is 0.0686. The zero-order valence-corrected chi connectivity index (χ0v) is 21.1. The van der Waals surface area contributed by atoms with Crippen molar-refractivity contribution >= 4 is 11.7 Å². The number of phenols is 1. The van der Waals surface area contributed by atoms with Gasteiger partial charge in [0, 0.05) is 38.4 Å². The lowest BCUT2D eigenvalue weighted by atomic mass is 9.78. The van der Waals surface area contributed by atoms with Crippen LogP contribution in [0.25, 0.3) is 0 Å². The minimum atomic E-state index is -0.797. The molecule has 2 aromatic carbocycles. The van der Waals surface area contributed by atoms with Crippen LogP contribution < -0.4 is 4.90 Å². The van der Waals surface area contributed by atoms with E-state index in [-0.39, 0.29) is 17.3 Å². The van der Waals surface area contributed by atoms with Crippen molar-refractivity contribution in [3.05, 3.63) is 58.7 Å². The zero-order chi connectivity index (χ0) is 24.4. The average molecular weight is 453 g/mol. The van der Waals surface area contributed by atoms with E-state index in [1.807, 2.05) is 24.3 Å². The van der Waals surface area contributed by atoms with E-state index in [1.54, 1.807) is 0 Å². The first-order chi connectivity index (χ1) is 15.3. The fourth-order valence-electron chi connectivity index (χ4n) is 4.50. The second-order valence-corrected chi connectivity index (χ2v) is 11.4. The van der Waals surface area contributed by atoms with Crippen LogP contribution in [0.1, 0.15) is 63.8 Å². The molecule has 2 aromatic rings. The summed E-state index contributed by atoms with van der Waals surface area (Å²) < 4.78 is 0. The Hall–Kier alpha value is -2.53. The molecule has 1 heterocycles. The summed E-state index contributed by atoms with van der Waals surface area (Å²) in [7, 11) is 0. The van der Waals surface area contributed by atoms with Crippen LogP contribution in [0, 0.1) is 0 Å². The molecule has 1 fully saturated rings. The number of carboxylic acids is 1. The Bertz CT molecular complexity index is 925. The van der Waals surface area contributed by atoms with E-state index in [4.69, 9.17) is 5.11 Å². The molecule has 1 aliphatic heterocycles. The molecule has 5 heteroatoms. The predicted octanol–water partition coefficient (Wildman–Crippen LogP) is 4.98. The van der Waals surface area contributed by atoms with E-state index in [2.05, 4.69) is 63.5 Å². The maximum atomic E-state index is 11.0. The van der Waals surface area contributed by atoms with E-state index in [0.29, 0.717) is 5.75 Å². The number of nitrogens with zero attached hydrogens (tertiary/aromatic N) is 2. The van der Waals surface area contributed by atoms with Crippen molar-refractivity contribution < 1.29 is 15.0 Å². The Balaban J connectivity index is 1.62. The second kappa shape index (κ2) is 9.76. The molecule has 0 aliphatic carbocycles. The van der Waals surface area contributed by atoms with Gasteiger partial charge in [0.05, 0.1) is 6.42 Å². The molecular formula is C28H40N2O3. The van der Waals surface area contributed by atoms with Gasteiger partial charge < -0.3 is 15.1 Å². The van der Waals surface area contributed by atoms with Crippen molar-refractivity contribution in [2.24, 2.45) is 0 Å². The number of aromatic hydroxyl groups is 1. The van der Waals surface area contributed by atoms with E-state index in [9.17, 15) is 9.90 Å². The maximum absolute atomic E-state index is 11.0. The van der Waals surface area contributed by atoms with Gasteiger partial charge in [0.25, 0.3) is 0 Å². The fraction of sp³-hybridized carbons (Fsp3) is 0.536. The number of rotatable bonds is 6. The van der Waals surface area contributed by atoms with Crippen LogP contribution in [0.5, 0.6) is 5.75 Å². The standard InChI is InChI=1S/C28H40N2O3/c1-27(2,3)23-17-21(18-24(26(23)33)28(4,5)6)11-12-29-13-15-30(16-14-29)22-9-7-20(8-10-22)19-25(31)32/h7-10,17-18,33H,11-16,19H2,1-6H3,(H,31,32). The largest absolute Gasteiger partial charge is 0.507 e. The third kappa shape index (κ3) is 6.50. The predicted molar refractivity (Wildman–Crippen MR) is 136 cm³/mol. The highest BCUT2D eigenvalue weighted by atomic mass is 16.4. The van der Waals surface area contributed by atoms with Crippen molar-refractivity contribution in [3.8, 4) is 5.75 Å². The van der Waals surface area contributed by atoms with E-state index in [1.165, 1.54) is 5.56 Å². The van der Waals surface area contributed by atoms with Crippen LogP contribution in [0.2, 0.25) is 0 Å². The van der Waals surface area contributed by atoms with Gasteiger partial charge in [-0.3, -0.25) is 9.69 Å². The highest BCUT2D eigenvalue weighted by Gasteiger charge is 2.26. The monoisotopic (exact) mass is 452 g/mol. The third-order valence-corrected chi connectivity index (χ3v) is 6.53. The minimum Gasteiger partial charge on any atom is -0.507 e. The summed E-state index contributed by atoms with van der Waals surface area (Å²) in [6, 6.07) is 12.3. The summed E-state index contributed by atoms with van der Waals surface area (Å²) in [6.07, 6.45) is 1.04. The Morgan fingerprint density at radius 1 is 0.848 bits per heavy atom. The number of aliphatic carboxylic acids is 1. The van der Waals surface area contributed by atoms with E-state index < -0.39 is 5.97 Å².